The Bertz CT molecular complexity index is 1080. The normalized spacial score (nSPS) is 14.2. The quantitative estimate of drug-likeness (QED) is 0.280. The third kappa shape index (κ3) is 4.65. The Hall–Kier alpha value is -3.68. The van der Waals surface area contributed by atoms with Crippen LogP contribution in [-0.2, 0) is 0 Å². The van der Waals surface area contributed by atoms with Gasteiger partial charge in [-0.15, -0.1) is 0 Å². The maximum atomic E-state index is 10.1. The van der Waals surface area contributed by atoms with Crippen molar-refractivity contribution in [1.82, 2.24) is 20.2 Å². The highest BCUT2D eigenvalue weighted by molar-refractivity contribution is 6.11. The van der Waals surface area contributed by atoms with Gasteiger partial charge in [-0.2, -0.15) is 10.1 Å². The van der Waals surface area contributed by atoms with Crippen LogP contribution in [0.15, 0.2) is 53.8 Å². The Morgan fingerprint density at radius 2 is 1.97 bits per heavy atom. The molecule has 0 spiro atoms. The zero-order valence-corrected chi connectivity index (χ0v) is 17.0. The largest absolute Gasteiger partial charge is 0.512 e. The van der Waals surface area contributed by atoms with Gasteiger partial charge in [0.25, 0.3) is 0 Å². The summed E-state index contributed by atoms with van der Waals surface area (Å²) in [6.07, 6.45) is 2.40. The first-order valence-electron chi connectivity index (χ1n) is 9.94. The van der Waals surface area contributed by atoms with Crippen molar-refractivity contribution in [1.29, 1.82) is 5.41 Å². The number of hydrogen-bond donors (Lipinski definition) is 5. The molecule has 2 heterocycles. The number of nitrogens with one attached hydrogen (secondary N) is 4. The summed E-state index contributed by atoms with van der Waals surface area (Å²) in [7, 11) is 0. The standard InChI is InChI=1S/C22H25N7O/c1-13-10-19(26-20-11-18(28-29-20)15-8-9-15)27-22(25-13)24-12-17(14(2)30)21(23)16-6-4-3-5-7-16/h3-7,10-11,15,23,30H,8-9,12H2,1-2H3,(H3,24,25,26,27,28,29)/b17-14-,23-21?. The molecule has 0 unspecified atom stereocenters. The van der Waals surface area contributed by atoms with E-state index in [4.69, 9.17) is 5.41 Å². The zero-order chi connectivity index (χ0) is 21.1. The van der Waals surface area contributed by atoms with Gasteiger partial charge in [0.2, 0.25) is 5.95 Å². The van der Waals surface area contributed by atoms with Crippen LogP contribution in [0.1, 0.15) is 42.6 Å². The predicted molar refractivity (Wildman–Crippen MR) is 118 cm³/mol. The number of aliphatic hydroxyl groups is 1. The molecule has 8 heteroatoms. The Labute approximate surface area is 175 Å². The molecular weight excluding hydrogens is 378 g/mol. The average Bonchev–Trinajstić information content (AvgIpc) is 3.47. The number of aromatic amines is 1. The fraction of sp³-hybridized carbons (Fsp3) is 0.273. The number of benzene rings is 1. The van der Waals surface area contributed by atoms with Gasteiger partial charge in [0.15, 0.2) is 0 Å². The lowest BCUT2D eigenvalue weighted by Gasteiger charge is -2.13. The zero-order valence-electron chi connectivity index (χ0n) is 17.0. The summed E-state index contributed by atoms with van der Waals surface area (Å²) in [6.45, 7) is 3.70. The minimum absolute atomic E-state index is 0.0902. The van der Waals surface area contributed by atoms with E-state index in [9.17, 15) is 5.11 Å². The monoisotopic (exact) mass is 403 g/mol. The third-order valence-electron chi connectivity index (χ3n) is 4.93. The van der Waals surface area contributed by atoms with Crippen molar-refractivity contribution in [3.05, 3.63) is 70.7 Å². The van der Waals surface area contributed by atoms with Gasteiger partial charge in [-0.05, 0) is 32.3 Å². The van der Waals surface area contributed by atoms with Crippen LogP contribution < -0.4 is 10.6 Å². The molecule has 2 aromatic heterocycles. The molecule has 1 aliphatic rings. The SMILES string of the molecule is C/C(O)=C(\CNc1nc(C)cc(Nc2cc(C3CC3)n[nH]2)n1)C(=N)c1ccccc1. The maximum absolute atomic E-state index is 10.1. The molecule has 154 valence electrons. The van der Waals surface area contributed by atoms with Crippen molar-refractivity contribution in [2.75, 3.05) is 17.2 Å². The summed E-state index contributed by atoms with van der Waals surface area (Å²) in [5, 5.41) is 32.3. The van der Waals surface area contributed by atoms with Crippen LogP contribution in [0.25, 0.3) is 0 Å². The molecule has 1 fully saturated rings. The molecule has 0 aliphatic heterocycles. The minimum Gasteiger partial charge on any atom is -0.512 e. The molecule has 4 rings (SSSR count). The van der Waals surface area contributed by atoms with Gasteiger partial charge in [0, 0.05) is 35.9 Å². The van der Waals surface area contributed by atoms with E-state index in [1.807, 2.05) is 49.4 Å². The van der Waals surface area contributed by atoms with E-state index in [-0.39, 0.29) is 18.0 Å². The van der Waals surface area contributed by atoms with E-state index in [2.05, 4.69) is 30.8 Å². The second kappa shape index (κ2) is 8.36. The second-order valence-corrected chi connectivity index (χ2v) is 7.48. The van der Waals surface area contributed by atoms with Crippen LogP contribution in [-0.4, -0.2) is 37.5 Å². The smallest absolute Gasteiger partial charge is 0.225 e. The van der Waals surface area contributed by atoms with E-state index >= 15 is 0 Å². The number of aliphatic hydroxyl groups excluding tert-OH is 1. The summed E-state index contributed by atoms with van der Waals surface area (Å²) in [5.74, 6) is 2.51. The van der Waals surface area contributed by atoms with Crippen molar-refractivity contribution in [3.8, 4) is 0 Å². The summed E-state index contributed by atoms with van der Waals surface area (Å²) in [4.78, 5) is 8.93. The van der Waals surface area contributed by atoms with E-state index in [0.29, 0.717) is 23.3 Å². The fourth-order valence-electron chi connectivity index (χ4n) is 3.18. The van der Waals surface area contributed by atoms with Gasteiger partial charge in [-0.3, -0.25) is 10.5 Å². The van der Waals surface area contributed by atoms with Crippen molar-refractivity contribution in [2.24, 2.45) is 0 Å². The highest BCUT2D eigenvalue weighted by Crippen LogP contribution is 2.39. The minimum atomic E-state index is 0.0902. The summed E-state index contributed by atoms with van der Waals surface area (Å²) in [6, 6.07) is 13.2. The molecule has 1 aromatic carbocycles. The van der Waals surface area contributed by atoms with Crippen LogP contribution in [0.3, 0.4) is 0 Å². The number of hydrogen-bond acceptors (Lipinski definition) is 7. The van der Waals surface area contributed by atoms with Crippen molar-refractivity contribution < 1.29 is 5.11 Å². The maximum Gasteiger partial charge on any atom is 0.225 e. The van der Waals surface area contributed by atoms with Crippen LogP contribution in [0.4, 0.5) is 17.6 Å². The average molecular weight is 403 g/mol. The number of rotatable bonds is 8. The van der Waals surface area contributed by atoms with Gasteiger partial charge in [0.05, 0.1) is 17.2 Å². The molecule has 8 nitrogen and oxygen atoms in total. The number of aryl methyl sites for hydroxylation is 1. The van der Waals surface area contributed by atoms with Crippen molar-refractivity contribution in [3.63, 3.8) is 0 Å². The van der Waals surface area contributed by atoms with E-state index in [1.165, 1.54) is 12.8 Å². The fourth-order valence-corrected chi connectivity index (χ4v) is 3.18. The van der Waals surface area contributed by atoms with E-state index in [1.54, 1.807) is 6.92 Å². The van der Waals surface area contributed by atoms with Gasteiger partial charge in [-0.25, -0.2) is 4.98 Å². The van der Waals surface area contributed by atoms with Crippen LogP contribution in [0.5, 0.6) is 0 Å². The van der Waals surface area contributed by atoms with Gasteiger partial charge < -0.3 is 15.7 Å². The lowest BCUT2D eigenvalue weighted by atomic mass is 10.0. The third-order valence-corrected chi connectivity index (χ3v) is 4.93. The summed E-state index contributed by atoms with van der Waals surface area (Å²) in [5.41, 5.74) is 3.36. The highest BCUT2D eigenvalue weighted by Gasteiger charge is 2.26. The van der Waals surface area contributed by atoms with E-state index < -0.39 is 0 Å². The van der Waals surface area contributed by atoms with Crippen molar-refractivity contribution in [2.45, 2.75) is 32.6 Å². The first-order valence-corrected chi connectivity index (χ1v) is 9.94. The lowest BCUT2D eigenvalue weighted by Crippen LogP contribution is -2.17. The molecule has 0 amide bonds. The Kier molecular flexibility index (Phi) is 5.47. The Morgan fingerprint density at radius 3 is 2.67 bits per heavy atom. The molecule has 30 heavy (non-hydrogen) atoms. The summed E-state index contributed by atoms with van der Waals surface area (Å²) >= 11 is 0. The van der Waals surface area contributed by atoms with Crippen LogP contribution in [0, 0.1) is 12.3 Å². The van der Waals surface area contributed by atoms with Crippen LogP contribution >= 0.6 is 0 Å². The number of H-pyrrole nitrogens is 1. The molecule has 0 bridgehead atoms. The molecule has 1 aliphatic carbocycles. The lowest BCUT2D eigenvalue weighted by molar-refractivity contribution is 0.409. The number of allylic oxidation sites excluding steroid dienone is 1. The van der Waals surface area contributed by atoms with Gasteiger partial charge >= 0.3 is 0 Å². The summed E-state index contributed by atoms with van der Waals surface area (Å²) < 4.78 is 0. The molecule has 0 saturated heterocycles. The van der Waals surface area contributed by atoms with E-state index in [0.717, 1.165) is 22.8 Å². The molecule has 5 N–H and O–H groups in total. The molecule has 3 aromatic rings. The second-order valence-electron chi connectivity index (χ2n) is 7.48. The number of anilines is 3. The molecule has 0 radical (unpaired) electrons. The highest BCUT2D eigenvalue weighted by atomic mass is 16.3. The van der Waals surface area contributed by atoms with Crippen LogP contribution in [0.2, 0.25) is 0 Å². The number of nitrogens with zero attached hydrogens (tertiary/aromatic N) is 3. The first kappa shape index (κ1) is 19.6. The van der Waals surface area contributed by atoms with Gasteiger partial charge in [-0.1, -0.05) is 30.3 Å². The van der Waals surface area contributed by atoms with Crippen molar-refractivity contribution >= 4 is 23.3 Å². The first-order chi connectivity index (χ1) is 14.5. The number of aromatic nitrogens is 4. The van der Waals surface area contributed by atoms with Gasteiger partial charge in [0.1, 0.15) is 11.6 Å². The topological polar surface area (TPSA) is 123 Å². The Morgan fingerprint density at radius 1 is 1.20 bits per heavy atom. The molecule has 0 atom stereocenters. The predicted octanol–water partition coefficient (Wildman–Crippen LogP) is 4.44. The molecular formula is C22H25N7O. The molecule has 1 saturated carbocycles. The Balaban J connectivity index is 1.46.